The number of aryl methyl sites for hydroxylation is 1. The highest BCUT2D eigenvalue weighted by Crippen LogP contribution is 2.27. The van der Waals surface area contributed by atoms with E-state index in [-0.39, 0.29) is 6.10 Å². The second-order valence-electron chi connectivity index (χ2n) is 4.68. The van der Waals surface area contributed by atoms with Crippen LogP contribution in [0.25, 0.3) is 0 Å². The molecule has 1 N–H and O–H groups in total. The molecule has 4 nitrogen and oxygen atoms in total. The van der Waals surface area contributed by atoms with E-state index >= 15 is 0 Å². The topological polar surface area (TPSA) is 55.5 Å². The summed E-state index contributed by atoms with van der Waals surface area (Å²) in [6, 6.07) is 3.60. The quantitative estimate of drug-likeness (QED) is 0.898. The van der Waals surface area contributed by atoms with Crippen molar-refractivity contribution in [2.45, 2.75) is 39.4 Å². The Bertz CT molecular complexity index is 534. The van der Waals surface area contributed by atoms with E-state index < -0.39 is 6.10 Å². The van der Waals surface area contributed by atoms with E-state index in [9.17, 15) is 5.11 Å². The van der Waals surface area contributed by atoms with E-state index in [0.29, 0.717) is 11.3 Å². The fraction of sp³-hybridized carbons (Fsp3) is 0.400. The maximum Gasteiger partial charge on any atom is 0.138 e. The molecule has 0 fully saturated rings. The zero-order valence-corrected chi connectivity index (χ0v) is 11.5. The van der Waals surface area contributed by atoms with Gasteiger partial charge in [-0.3, -0.25) is 4.98 Å². The highest BCUT2D eigenvalue weighted by molar-refractivity contribution is 5.33. The Morgan fingerprint density at radius 2 is 2.16 bits per heavy atom. The summed E-state index contributed by atoms with van der Waals surface area (Å²) in [5.74, 6) is 1.45. The number of aliphatic hydroxyl groups is 1. The zero-order chi connectivity index (χ0) is 13.8. The summed E-state index contributed by atoms with van der Waals surface area (Å²) in [4.78, 5) is 4.11. The van der Waals surface area contributed by atoms with Crippen molar-refractivity contribution in [3.05, 3.63) is 47.7 Å². The van der Waals surface area contributed by atoms with Gasteiger partial charge in [0.1, 0.15) is 17.6 Å². The van der Waals surface area contributed by atoms with Crippen LogP contribution in [-0.4, -0.2) is 16.2 Å². The Kier molecular flexibility index (Phi) is 4.22. The summed E-state index contributed by atoms with van der Waals surface area (Å²) < 4.78 is 10.9. The first-order valence-electron chi connectivity index (χ1n) is 6.47. The minimum Gasteiger partial charge on any atom is -0.489 e. The molecule has 2 heterocycles. The molecule has 1 atom stereocenters. The van der Waals surface area contributed by atoms with Crippen LogP contribution in [0.5, 0.6) is 5.75 Å². The molecular weight excluding hydrogens is 242 g/mol. The molecule has 0 radical (unpaired) electrons. The van der Waals surface area contributed by atoms with Crippen molar-refractivity contribution in [2.75, 3.05) is 0 Å². The first kappa shape index (κ1) is 13.6. The van der Waals surface area contributed by atoms with Crippen molar-refractivity contribution in [2.24, 2.45) is 0 Å². The lowest BCUT2D eigenvalue weighted by Gasteiger charge is -2.13. The average molecular weight is 261 g/mol. The second kappa shape index (κ2) is 5.89. The Hall–Kier alpha value is -1.81. The summed E-state index contributed by atoms with van der Waals surface area (Å²) in [6.07, 6.45) is 4.97. The molecule has 0 spiro atoms. The molecule has 19 heavy (non-hydrogen) atoms. The summed E-state index contributed by atoms with van der Waals surface area (Å²) >= 11 is 0. The predicted molar refractivity (Wildman–Crippen MR) is 72.1 cm³/mol. The lowest BCUT2D eigenvalue weighted by Crippen LogP contribution is -2.07. The van der Waals surface area contributed by atoms with Gasteiger partial charge in [0.2, 0.25) is 0 Å². The molecule has 0 amide bonds. The average Bonchev–Trinajstić information content (AvgIpc) is 2.85. The maximum absolute atomic E-state index is 10.4. The Balaban J connectivity index is 2.26. The zero-order valence-electron chi connectivity index (χ0n) is 11.5. The van der Waals surface area contributed by atoms with Crippen LogP contribution in [0.2, 0.25) is 0 Å². The van der Waals surface area contributed by atoms with Crippen LogP contribution in [0.3, 0.4) is 0 Å². The van der Waals surface area contributed by atoms with Crippen LogP contribution in [0.15, 0.2) is 35.2 Å². The summed E-state index contributed by atoms with van der Waals surface area (Å²) in [7, 11) is 0. The SMILES string of the molecule is CCc1occc1C(O)c1cncc(OC(C)C)c1. The van der Waals surface area contributed by atoms with Crippen LogP contribution in [0, 0.1) is 0 Å². The smallest absolute Gasteiger partial charge is 0.138 e. The van der Waals surface area contributed by atoms with E-state index in [1.807, 2.05) is 26.8 Å². The number of hydrogen-bond acceptors (Lipinski definition) is 4. The van der Waals surface area contributed by atoms with E-state index in [1.54, 1.807) is 24.7 Å². The molecule has 0 saturated heterocycles. The van der Waals surface area contributed by atoms with Gasteiger partial charge in [-0.2, -0.15) is 0 Å². The van der Waals surface area contributed by atoms with Gasteiger partial charge in [0.25, 0.3) is 0 Å². The predicted octanol–water partition coefficient (Wildman–Crippen LogP) is 3.11. The number of rotatable bonds is 5. The van der Waals surface area contributed by atoms with Crippen molar-refractivity contribution >= 4 is 0 Å². The third-order valence-electron chi connectivity index (χ3n) is 2.82. The fourth-order valence-electron chi connectivity index (χ4n) is 1.98. The van der Waals surface area contributed by atoms with Gasteiger partial charge in [-0.05, 0) is 26.0 Å². The Morgan fingerprint density at radius 1 is 1.37 bits per heavy atom. The fourth-order valence-corrected chi connectivity index (χ4v) is 1.98. The first-order valence-corrected chi connectivity index (χ1v) is 6.47. The maximum atomic E-state index is 10.4. The molecule has 0 aliphatic heterocycles. The highest BCUT2D eigenvalue weighted by Gasteiger charge is 2.17. The molecule has 0 aromatic carbocycles. The standard InChI is InChI=1S/C15H19NO3/c1-4-14-13(5-6-18-14)15(17)11-7-12(9-16-8-11)19-10(2)3/h5-10,15,17H,4H2,1-3H3. The van der Waals surface area contributed by atoms with Gasteiger partial charge in [-0.1, -0.05) is 6.92 Å². The van der Waals surface area contributed by atoms with Gasteiger partial charge in [-0.15, -0.1) is 0 Å². The van der Waals surface area contributed by atoms with Gasteiger partial charge in [0.15, 0.2) is 0 Å². The summed E-state index contributed by atoms with van der Waals surface area (Å²) in [6.45, 7) is 5.90. The summed E-state index contributed by atoms with van der Waals surface area (Å²) in [5.41, 5.74) is 1.49. The van der Waals surface area contributed by atoms with Crippen molar-refractivity contribution in [1.82, 2.24) is 4.98 Å². The molecule has 102 valence electrons. The van der Waals surface area contributed by atoms with E-state index in [4.69, 9.17) is 9.15 Å². The van der Waals surface area contributed by atoms with Crippen LogP contribution in [-0.2, 0) is 6.42 Å². The lowest BCUT2D eigenvalue weighted by atomic mass is 10.0. The number of ether oxygens (including phenoxy) is 1. The highest BCUT2D eigenvalue weighted by atomic mass is 16.5. The largest absolute Gasteiger partial charge is 0.489 e. The third kappa shape index (κ3) is 3.15. The first-order chi connectivity index (χ1) is 9.11. The summed E-state index contributed by atoms with van der Waals surface area (Å²) in [5, 5.41) is 10.4. The monoisotopic (exact) mass is 261 g/mol. The van der Waals surface area contributed by atoms with Crippen molar-refractivity contribution < 1.29 is 14.3 Å². The minimum absolute atomic E-state index is 0.0781. The van der Waals surface area contributed by atoms with Gasteiger partial charge in [0, 0.05) is 23.7 Å². The Morgan fingerprint density at radius 3 is 2.84 bits per heavy atom. The molecule has 0 aliphatic carbocycles. The van der Waals surface area contributed by atoms with Crippen molar-refractivity contribution in [3.8, 4) is 5.75 Å². The number of pyridine rings is 1. The third-order valence-corrected chi connectivity index (χ3v) is 2.82. The molecular formula is C15H19NO3. The van der Waals surface area contributed by atoms with Crippen LogP contribution >= 0.6 is 0 Å². The van der Waals surface area contributed by atoms with E-state index in [1.165, 1.54) is 0 Å². The van der Waals surface area contributed by atoms with Gasteiger partial charge in [-0.25, -0.2) is 0 Å². The minimum atomic E-state index is -0.739. The molecule has 2 aromatic rings. The van der Waals surface area contributed by atoms with Crippen molar-refractivity contribution in [1.29, 1.82) is 0 Å². The number of furan rings is 1. The lowest BCUT2D eigenvalue weighted by molar-refractivity contribution is 0.213. The van der Waals surface area contributed by atoms with Gasteiger partial charge >= 0.3 is 0 Å². The van der Waals surface area contributed by atoms with Crippen LogP contribution < -0.4 is 4.74 Å². The number of aliphatic hydroxyl groups excluding tert-OH is 1. The molecule has 4 heteroatoms. The second-order valence-corrected chi connectivity index (χ2v) is 4.68. The number of hydrogen-bond donors (Lipinski definition) is 1. The van der Waals surface area contributed by atoms with Crippen molar-refractivity contribution in [3.63, 3.8) is 0 Å². The van der Waals surface area contributed by atoms with Crippen LogP contribution in [0.1, 0.15) is 43.8 Å². The molecule has 0 aliphatic rings. The molecule has 2 aromatic heterocycles. The van der Waals surface area contributed by atoms with E-state index in [2.05, 4.69) is 4.98 Å². The Labute approximate surface area is 113 Å². The molecule has 0 bridgehead atoms. The number of nitrogens with zero attached hydrogens (tertiary/aromatic N) is 1. The molecule has 0 saturated carbocycles. The van der Waals surface area contributed by atoms with E-state index in [0.717, 1.165) is 17.7 Å². The molecule has 1 unspecified atom stereocenters. The van der Waals surface area contributed by atoms with Gasteiger partial charge in [0.05, 0.1) is 18.6 Å². The normalized spacial score (nSPS) is 12.7. The van der Waals surface area contributed by atoms with Crippen LogP contribution in [0.4, 0.5) is 0 Å². The molecule has 2 rings (SSSR count). The number of aromatic nitrogens is 1. The van der Waals surface area contributed by atoms with Gasteiger partial charge < -0.3 is 14.3 Å².